The molecule has 0 aliphatic carbocycles. The van der Waals surface area contributed by atoms with Crippen LogP contribution in [0.2, 0.25) is 0 Å². The van der Waals surface area contributed by atoms with Crippen molar-refractivity contribution in [2.45, 2.75) is 18.4 Å². The second kappa shape index (κ2) is 4.65. The van der Waals surface area contributed by atoms with E-state index in [4.69, 9.17) is 5.73 Å². The Morgan fingerprint density at radius 2 is 1.88 bits per heavy atom. The molecule has 3 heteroatoms. The van der Waals surface area contributed by atoms with Gasteiger partial charge in [-0.3, -0.25) is 0 Å². The predicted molar refractivity (Wildman–Crippen MR) is 63.6 cm³/mol. The predicted octanol–water partition coefficient (Wildman–Crippen LogP) is 1.46. The first-order chi connectivity index (χ1) is 7.74. The summed E-state index contributed by atoms with van der Waals surface area (Å²) in [5.74, 6) is 0. The summed E-state index contributed by atoms with van der Waals surface area (Å²) in [4.78, 5) is 2.27. The van der Waals surface area contributed by atoms with Crippen LogP contribution in [0.1, 0.15) is 18.4 Å². The molecule has 1 aromatic rings. The van der Waals surface area contributed by atoms with Gasteiger partial charge in [-0.15, -0.1) is 0 Å². The van der Waals surface area contributed by atoms with Gasteiger partial charge in [0.25, 0.3) is 0 Å². The van der Waals surface area contributed by atoms with E-state index >= 15 is 0 Å². The van der Waals surface area contributed by atoms with E-state index in [2.05, 4.69) is 11.0 Å². The molecular weight excluding hydrogens is 198 g/mol. The molecule has 3 nitrogen and oxygen atoms in total. The van der Waals surface area contributed by atoms with E-state index in [1.54, 1.807) is 0 Å². The fourth-order valence-corrected chi connectivity index (χ4v) is 2.22. The second-order valence-corrected chi connectivity index (χ2v) is 4.43. The van der Waals surface area contributed by atoms with E-state index in [1.165, 1.54) is 12.8 Å². The lowest BCUT2D eigenvalue weighted by Gasteiger charge is -2.27. The molecular formula is C13H17N3. The first-order valence-electron chi connectivity index (χ1n) is 5.73. The minimum atomic E-state index is -0.869. The van der Waals surface area contributed by atoms with Gasteiger partial charge in [-0.25, -0.2) is 0 Å². The van der Waals surface area contributed by atoms with Crippen molar-refractivity contribution in [3.8, 4) is 6.07 Å². The number of likely N-dealkylation sites (tertiary alicyclic amines) is 1. The summed E-state index contributed by atoms with van der Waals surface area (Å²) >= 11 is 0. The number of nitrogens with zero attached hydrogens (tertiary/aromatic N) is 2. The third kappa shape index (κ3) is 2.24. The van der Waals surface area contributed by atoms with Crippen LogP contribution in [0.4, 0.5) is 0 Å². The van der Waals surface area contributed by atoms with Crippen molar-refractivity contribution >= 4 is 0 Å². The molecule has 16 heavy (non-hydrogen) atoms. The molecule has 84 valence electrons. The van der Waals surface area contributed by atoms with Crippen molar-refractivity contribution < 1.29 is 0 Å². The minimum absolute atomic E-state index is 0.632. The van der Waals surface area contributed by atoms with E-state index in [1.807, 2.05) is 30.3 Å². The summed E-state index contributed by atoms with van der Waals surface area (Å²) in [6.45, 7) is 2.76. The monoisotopic (exact) mass is 215 g/mol. The Morgan fingerprint density at radius 1 is 1.25 bits per heavy atom. The van der Waals surface area contributed by atoms with Crippen molar-refractivity contribution in [2.75, 3.05) is 19.6 Å². The van der Waals surface area contributed by atoms with Gasteiger partial charge >= 0.3 is 0 Å². The van der Waals surface area contributed by atoms with Crippen LogP contribution >= 0.6 is 0 Å². The summed E-state index contributed by atoms with van der Waals surface area (Å²) in [5.41, 5.74) is 6.23. The van der Waals surface area contributed by atoms with E-state index in [0.717, 1.165) is 18.7 Å². The van der Waals surface area contributed by atoms with Crippen LogP contribution in [-0.2, 0) is 5.54 Å². The van der Waals surface area contributed by atoms with Crippen LogP contribution in [0.5, 0.6) is 0 Å². The van der Waals surface area contributed by atoms with E-state index in [0.29, 0.717) is 6.54 Å². The highest BCUT2D eigenvalue weighted by Crippen LogP contribution is 2.21. The van der Waals surface area contributed by atoms with Crippen LogP contribution < -0.4 is 5.73 Å². The smallest absolute Gasteiger partial charge is 0.142 e. The van der Waals surface area contributed by atoms with Gasteiger partial charge in [0.1, 0.15) is 5.54 Å². The van der Waals surface area contributed by atoms with Crippen LogP contribution in [0.25, 0.3) is 0 Å². The molecule has 0 aromatic heterocycles. The molecule has 1 fully saturated rings. The van der Waals surface area contributed by atoms with Crippen LogP contribution in [0.15, 0.2) is 30.3 Å². The van der Waals surface area contributed by atoms with Gasteiger partial charge < -0.3 is 10.6 Å². The standard InChI is InChI=1S/C13H17N3/c14-10-13(15,11-16-8-4-5-9-16)12-6-2-1-3-7-12/h1-3,6-7H,4-5,8-9,11,15H2. The van der Waals surface area contributed by atoms with Gasteiger partial charge in [-0.05, 0) is 31.5 Å². The lowest BCUT2D eigenvalue weighted by Crippen LogP contribution is -2.45. The Hall–Kier alpha value is -1.37. The molecule has 0 radical (unpaired) electrons. The molecule has 1 unspecified atom stereocenters. The fraction of sp³-hybridized carbons (Fsp3) is 0.462. The summed E-state index contributed by atoms with van der Waals surface area (Å²) in [6, 6.07) is 11.9. The Labute approximate surface area is 96.5 Å². The van der Waals surface area contributed by atoms with Gasteiger partial charge in [0, 0.05) is 6.54 Å². The quantitative estimate of drug-likeness (QED) is 0.830. The summed E-state index contributed by atoms with van der Waals surface area (Å²) in [6.07, 6.45) is 2.44. The SMILES string of the molecule is N#CC(N)(CN1CCCC1)c1ccccc1. The Balaban J connectivity index is 2.16. The largest absolute Gasteiger partial charge is 0.309 e. The third-order valence-corrected chi connectivity index (χ3v) is 3.16. The molecule has 2 N–H and O–H groups in total. The molecule has 2 rings (SSSR count). The maximum absolute atomic E-state index is 9.30. The van der Waals surface area contributed by atoms with Crippen molar-refractivity contribution in [3.63, 3.8) is 0 Å². The van der Waals surface area contributed by atoms with Crippen LogP contribution in [0.3, 0.4) is 0 Å². The first kappa shape index (κ1) is 11.1. The summed E-state index contributed by atoms with van der Waals surface area (Å²) < 4.78 is 0. The van der Waals surface area contributed by atoms with Gasteiger partial charge in [-0.2, -0.15) is 5.26 Å². The summed E-state index contributed by atoms with van der Waals surface area (Å²) in [7, 11) is 0. The molecule has 1 atom stereocenters. The fourth-order valence-electron chi connectivity index (χ4n) is 2.22. The van der Waals surface area contributed by atoms with E-state index < -0.39 is 5.54 Å². The number of hydrogen-bond donors (Lipinski definition) is 1. The Bertz CT molecular complexity index is 376. The maximum atomic E-state index is 9.30. The molecule has 0 spiro atoms. The highest BCUT2D eigenvalue weighted by molar-refractivity contribution is 5.31. The zero-order valence-electron chi connectivity index (χ0n) is 9.39. The number of rotatable bonds is 3. The molecule has 0 bridgehead atoms. The van der Waals surface area contributed by atoms with Gasteiger partial charge in [-0.1, -0.05) is 30.3 Å². The van der Waals surface area contributed by atoms with Gasteiger partial charge in [0.2, 0.25) is 0 Å². The molecule has 1 aliphatic heterocycles. The van der Waals surface area contributed by atoms with Crippen molar-refractivity contribution in [1.29, 1.82) is 5.26 Å². The first-order valence-corrected chi connectivity index (χ1v) is 5.73. The van der Waals surface area contributed by atoms with E-state index in [9.17, 15) is 5.26 Å². The zero-order chi connectivity index (χ0) is 11.4. The lowest BCUT2D eigenvalue weighted by molar-refractivity contribution is 0.283. The topological polar surface area (TPSA) is 53.1 Å². The maximum Gasteiger partial charge on any atom is 0.142 e. The Morgan fingerprint density at radius 3 is 2.44 bits per heavy atom. The minimum Gasteiger partial charge on any atom is -0.309 e. The number of nitriles is 1. The van der Waals surface area contributed by atoms with Gasteiger partial charge in [0.05, 0.1) is 6.07 Å². The lowest BCUT2D eigenvalue weighted by atomic mass is 9.92. The van der Waals surface area contributed by atoms with Crippen molar-refractivity contribution in [3.05, 3.63) is 35.9 Å². The number of benzene rings is 1. The normalized spacial score (nSPS) is 20.2. The highest BCUT2D eigenvalue weighted by atomic mass is 15.2. The molecule has 1 heterocycles. The van der Waals surface area contributed by atoms with Crippen molar-refractivity contribution in [1.82, 2.24) is 4.90 Å². The van der Waals surface area contributed by atoms with Gasteiger partial charge in [0.15, 0.2) is 0 Å². The number of hydrogen-bond acceptors (Lipinski definition) is 3. The molecule has 1 aliphatic rings. The average Bonchev–Trinajstić information content (AvgIpc) is 2.83. The average molecular weight is 215 g/mol. The zero-order valence-corrected chi connectivity index (χ0v) is 9.39. The van der Waals surface area contributed by atoms with E-state index in [-0.39, 0.29) is 0 Å². The highest BCUT2D eigenvalue weighted by Gasteiger charge is 2.30. The molecule has 1 aromatic carbocycles. The number of nitrogens with two attached hydrogens (primary N) is 1. The Kier molecular flexibility index (Phi) is 3.23. The van der Waals surface area contributed by atoms with Crippen LogP contribution in [-0.4, -0.2) is 24.5 Å². The second-order valence-electron chi connectivity index (χ2n) is 4.43. The summed E-state index contributed by atoms with van der Waals surface area (Å²) in [5, 5.41) is 9.30. The molecule has 0 amide bonds. The third-order valence-electron chi connectivity index (χ3n) is 3.16. The molecule has 0 saturated carbocycles. The van der Waals surface area contributed by atoms with Crippen molar-refractivity contribution in [2.24, 2.45) is 5.73 Å². The molecule has 1 saturated heterocycles. The van der Waals surface area contributed by atoms with Crippen LogP contribution in [0, 0.1) is 11.3 Å².